The number of anilines is 27. The van der Waals surface area contributed by atoms with Gasteiger partial charge in [-0.3, -0.25) is 0 Å². The van der Waals surface area contributed by atoms with Crippen LogP contribution in [0.3, 0.4) is 0 Å². The van der Waals surface area contributed by atoms with Crippen molar-refractivity contribution >= 4 is 231 Å². The van der Waals surface area contributed by atoms with E-state index in [9.17, 15) is 0 Å². The molecule has 0 N–H and O–H groups in total. The van der Waals surface area contributed by atoms with Gasteiger partial charge in [-0.25, -0.2) is 0 Å². The second-order valence-corrected chi connectivity index (χ2v) is 29.4. The zero-order chi connectivity index (χ0) is 66.8. The van der Waals surface area contributed by atoms with Crippen LogP contribution in [0.15, 0.2) is 315 Å². The maximum Gasteiger partial charge on any atom is 0.264 e. The summed E-state index contributed by atoms with van der Waals surface area (Å²) < 4.78 is 2.69. The molecule has 0 atom stereocenters. The summed E-state index contributed by atoms with van der Waals surface area (Å²) in [6, 6.07) is 119. The van der Waals surface area contributed by atoms with E-state index in [1.807, 2.05) is 0 Å². The number of hydrogen-bond acceptors (Lipinski definition) is 10. The van der Waals surface area contributed by atoms with Gasteiger partial charge in [-0.15, -0.1) is 0 Å². The third-order valence-corrected chi connectivity index (χ3v) is 24.5. The minimum Gasteiger partial charge on any atom is -0.308 e. The highest BCUT2D eigenvalue weighted by molar-refractivity contribution is 7.39. The molecule has 476 valence electrons. The van der Waals surface area contributed by atoms with Gasteiger partial charge in [0, 0.05) is 65.8 Å². The SMILES string of the molecule is Cc1cc2c3c4c1N(c1ccccc1)c1cccc5c1N4c1c(cc4ccccc4c1N5c1ccccc1)B3c1sc3c4c1N2c1ccccc1N4c1cc(N(c2ccccc2)c2ccccc2)c2c4c1B3c1cc3ccccc3c3c1N4c1c(cccc1N3c1ccccc1)N2c1ccccc1. The molecule has 0 saturated carbocycles. The van der Waals surface area contributed by atoms with Crippen molar-refractivity contribution < 1.29 is 0 Å². The second kappa shape index (κ2) is 19.6. The zero-order valence-corrected chi connectivity index (χ0v) is 56.4. The Morgan fingerprint density at radius 1 is 0.252 bits per heavy atom. The van der Waals surface area contributed by atoms with Crippen LogP contribution in [0.1, 0.15) is 5.56 Å². The van der Waals surface area contributed by atoms with Crippen LogP contribution in [0.2, 0.25) is 0 Å². The molecule has 12 heteroatoms. The summed E-state index contributed by atoms with van der Waals surface area (Å²) in [5.41, 5.74) is 37.8. The molecule has 103 heavy (non-hydrogen) atoms. The van der Waals surface area contributed by atoms with Gasteiger partial charge in [0.15, 0.2) is 0 Å². The molecule has 0 amide bonds. The first-order valence-corrected chi connectivity index (χ1v) is 36.5. The largest absolute Gasteiger partial charge is 0.308 e. The number of benzene rings is 15. The fourth-order valence-electron chi connectivity index (χ4n) is 19.6. The Balaban J connectivity index is 0.864. The Kier molecular flexibility index (Phi) is 10.4. The lowest BCUT2D eigenvalue weighted by Gasteiger charge is -2.55. The summed E-state index contributed by atoms with van der Waals surface area (Å²) in [5, 5.41) is 4.85. The highest BCUT2D eigenvalue weighted by atomic mass is 32.1. The van der Waals surface area contributed by atoms with Crippen molar-refractivity contribution in [3.05, 3.63) is 321 Å². The lowest BCUT2D eigenvalue weighted by Crippen LogP contribution is -2.62. The number of rotatable bonds is 7. The Hall–Kier alpha value is -13.2. The van der Waals surface area contributed by atoms with E-state index >= 15 is 0 Å². The van der Waals surface area contributed by atoms with Gasteiger partial charge in [-0.1, -0.05) is 194 Å². The van der Waals surface area contributed by atoms with Crippen LogP contribution >= 0.6 is 11.3 Å². The standard InChI is InChI=1S/C91H55B2N9S/c1-54-50-73-76-86-78(54)95(59-34-12-4-13-35-59)69-46-26-47-70-83(69)101(86)81-65(51-55-28-20-22-42-63(55)79(81)96(70)60-36-14-5-15-37-60)92(76)90-88-89-91(103-90)93-66-52-56-29-21-23-43-64(56)80-82(66)102-84-71(97(80)61-38-16-6-17-39-61)48-27-49-72(84)98(62-40-18-7-19-41-62)85-75(94(57-30-8-2-9-31-57)58-32-10-3-11-33-58)53-74(77(93)87(85)102)100(89)68-45-25-24-44-67(68)99(73)88/h2-53H,1H3. The molecule has 9 aliphatic rings. The third kappa shape index (κ3) is 6.72. The van der Waals surface area contributed by atoms with E-state index in [2.05, 4.69) is 378 Å². The molecule has 16 aromatic rings. The van der Waals surface area contributed by atoms with E-state index in [0.29, 0.717) is 0 Å². The van der Waals surface area contributed by atoms with E-state index in [-0.39, 0.29) is 13.4 Å². The van der Waals surface area contributed by atoms with Gasteiger partial charge in [0.25, 0.3) is 13.4 Å². The van der Waals surface area contributed by atoms with Crippen LogP contribution in [0, 0.1) is 6.92 Å². The molecule has 0 saturated heterocycles. The number of para-hydroxylation sites is 10. The Labute approximate surface area is 599 Å². The van der Waals surface area contributed by atoms with Gasteiger partial charge in [-0.2, -0.15) is 11.3 Å². The van der Waals surface area contributed by atoms with Gasteiger partial charge in [-0.05, 0) is 166 Å². The van der Waals surface area contributed by atoms with Crippen LogP contribution in [0.5, 0.6) is 0 Å². The van der Waals surface area contributed by atoms with Gasteiger partial charge < -0.3 is 44.1 Å². The summed E-state index contributed by atoms with van der Waals surface area (Å²) >= 11 is 2.06. The second-order valence-electron chi connectivity index (χ2n) is 28.3. The fourth-order valence-corrected chi connectivity index (χ4v) is 21.1. The zero-order valence-electron chi connectivity index (χ0n) is 55.6. The summed E-state index contributed by atoms with van der Waals surface area (Å²) in [5.74, 6) is 0. The first-order valence-electron chi connectivity index (χ1n) is 35.7. The summed E-state index contributed by atoms with van der Waals surface area (Å²) in [4.78, 5) is 23.8. The number of hydrogen-bond donors (Lipinski definition) is 0. The van der Waals surface area contributed by atoms with Gasteiger partial charge in [0.05, 0.1) is 108 Å². The Bertz CT molecular complexity index is 6440. The average molecular weight is 1330 g/mol. The van der Waals surface area contributed by atoms with E-state index in [1.54, 1.807) is 0 Å². The molecular formula is C91H55B2N9S. The van der Waals surface area contributed by atoms with E-state index in [1.165, 1.54) is 127 Å². The minimum absolute atomic E-state index is 0.198. The third-order valence-electron chi connectivity index (χ3n) is 23.2. The Morgan fingerprint density at radius 3 is 1.04 bits per heavy atom. The van der Waals surface area contributed by atoms with E-state index < -0.39 is 0 Å². The molecule has 10 heterocycles. The van der Waals surface area contributed by atoms with Gasteiger partial charge in [0.1, 0.15) is 0 Å². The quantitative estimate of drug-likeness (QED) is 0.145. The maximum absolute atomic E-state index is 2.74. The normalized spacial score (nSPS) is 14.5. The number of fused-ring (bicyclic) bond motifs is 13. The summed E-state index contributed by atoms with van der Waals surface area (Å²) in [7, 11) is 0. The monoisotopic (exact) mass is 1330 g/mol. The van der Waals surface area contributed by atoms with Crippen LogP contribution in [0.25, 0.3) is 21.5 Å². The van der Waals surface area contributed by atoms with Crippen molar-refractivity contribution in [1.29, 1.82) is 0 Å². The first kappa shape index (κ1) is 54.7. The van der Waals surface area contributed by atoms with Crippen LogP contribution < -0.4 is 75.5 Å². The molecule has 25 rings (SSSR count). The highest BCUT2D eigenvalue weighted by Crippen LogP contribution is 2.71. The topological polar surface area (TPSA) is 29.2 Å². The summed E-state index contributed by atoms with van der Waals surface area (Å²) in [6.07, 6.45) is 0. The van der Waals surface area contributed by atoms with Crippen molar-refractivity contribution in [2.75, 3.05) is 44.1 Å². The lowest BCUT2D eigenvalue weighted by atomic mass is 9.34. The molecule has 0 unspecified atom stereocenters. The van der Waals surface area contributed by atoms with Crippen molar-refractivity contribution in [1.82, 2.24) is 0 Å². The molecule has 15 aromatic carbocycles. The smallest absolute Gasteiger partial charge is 0.264 e. The Morgan fingerprint density at radius 2 is 0.602 bits per heavy atom. The molecule has 0 bridgehead atoms. The molecule has 9 aliphatic heterocycles. The molecule has 9 nitrogen and oxygen atoms in total. The minimum atomic E-state index is -0.244. The molecule has 0 fully saturated rings. The van der Waals surface area contributed by atoms with Crippen LogP contribution in [-0.4, -0.2) is 13.4 Å². The lowest BCUT2D eigenvalue weighted by molar-refractivity contribution is 1.11. The molecule has 0 radical (unpaired) electrons. The predicted molar refractivity (Wildman–Crippen MR) is 433 cm³/mol. The predicted octanol–water partition coefficient (Wildman–Crippen LogP) is 21.4. The average Bonchev–Trinajstić information content (AvgIpc) is 1.63. The van der Waals surface area contributed by atoms with Crippen molar-refractivity contribution in [2.45, 2.75) is 6.92 Å². The first-order chi connectivity index (χ1) is 51.1. The molecular weight excluding hydrogens is 1270 g/mol. The van der Waals surface area contributed by atoms with Crippen molar-refractivity contribution in [2.24, 2.45) is 0 Å². The summed E-state index contributed by atoms with van der Waals surface area (Å²) in [6.45, 7) is 1.93. The van der Waals surface area contributed by atoms with Gasteiger partial charge in [0.2, 0.25) is 0 Å². The van der Waals surface area contributed by atoms with E-state index in [0.717, 1.165) is 85.3 Å². The molecule has 1 aromatic heterocycles. The molecule has 0 aliphatic carbocycles. The highest BCUT2D eigenvalue weighted by Gasteiger charge is 2.59. The van der Waals surface area contributed by atoms with Gasteiger partial charge >= 0.3 is 0 Å². The van der Waals surface area contributed by atoms with Crippen LogP contribution in [0.4, 0.5) is 154 Å². The number of nitrogens with zero attached hydrogens (tertiary/aromatic N) is 9. The number of aryl methyl sites for hydroxylation is 1. The van der Waals surface area contributed by atoms with Crippen LogP contribution in [-0.2, 0) is 0 Å². The fraction of sp³-hybridized carbons (Fsp3) is 0.0110. The molecule has 0 spiro atoms. The van der Waals surface area contributed by atoms with E-state index in [4.69, 9.17) is 0 Å². The number of thiophene rings is 1. The van der Waals surface area contributed by atoms with Crippen molar-refractivity contribution in [3.63, 3.8) is 0 Å². The maximum atomic E-state index is 2.74. The van der Waals surface area contributed by atoms with Crippen molar-refractivity contribution in [3.8, 4) is 0 Å².